The highest BCUT2D eigenvalue weighted by Crippen LogP contribution is 2.15. The fraction of sp³-hybridized carbons (Fsp3) is 0.333. The molecule has 0 aliphatic carbocycles. The highest BCUT2D eigenvalue weighted by molar-refractivity contribution is 5.96. The lowest BCUT2D eigenvalue weighted by Gasteiger charge is -1.99. The maximum absolute atomic E-state index is 11.6. The molecule has 1 rings (SSSR count). The first-order valence-electron chi connectivity index (χ1n) is 4.78. The van der Waals surface area contributed by atoms with Crippen molar-refractivity contribution in [2.24, 2.45) is 0 Å². The van der Waals surface area contributed by atoms with Gasteiger partial charge in [0.2, 0.25) is 0 Å². The number of nitrogens with zero attached hydrogens (tertiary/aromatic N) is 1. The van der Waals surface area contributed by atoms with E-state index in [1.54, 1.807) is 24.3 Å². The Kier molecular flexibility index (Phi) is 3.87. The zero-order valence-corrected chi connectivity index (χ0v) is 8.29. The predicted octanol–water partition coefficient (Wildman–Crippen LogP) is 3.61. The van der Waals surface area contributed by atoms with E-state index in [1.807, 2.05) is 0 Å². The van der Waals surface area contributed by atoms with Gasteiger partial charge in [0.15, 0.2) is 11.5 Å². The minimum atomic E-state index is 0.136. The molecule has 2 heteroatoms. The Morgan fingerprint density at radius 2 is 2.29 bits per heavy atom. The van der Waals surface area contributed by atoms with Crippen molar-refractivity contribution in [2.45, 2.75) is 26.2 Å². The van der Waals surface area contributed by atoms with Crippen molar-refractivity contribution >= 4 is 11.5 Å². The second-order valence-electron chi connectivity index (χ2n) is 3.19. The van der Waals surface area contributed by atoms with Crippen molar-refractivity contribution in [3.63, 3.8) is 0 Å². The third-order valence-corrected chi connectivity index (χ3v) is 2.05. The second kappa shape index (κ2) is 5.18. The molecule has 0 amide bonds. The number of carbonyl (C=O) groups excluding carboxylic acids is 1. The summed E-state index contributed by atoms with van der Waals surface area (Å²) >= 11 is 0. The first kappa shape index (κ1) is 10.5. The van der Waals surface area contributed by atoms with E-state index >= 15 is 0 Å². The van der Waals surface area contributed by atoms with Crippen molar-refractivity contribution in [1.82, 2.24) is 0 Å². The van der Waals surface area contributed by atoms with Gasteiger partial charge in [0.1, 0.15) is 0 Å². The molecule has 14 heavy (non-hydrogen) atoms. The van der Waals surface area contributed by atoms with Crippen molar-refractivity contribution < 1.29 is 4.79 Å². The van der Waals surface area contributed by atoms with Gasteiger partial charge in [0.05, 0.1) is 6.57 Å². The van der Waals surface area contributed by atoms with E-state index in [0.717, 1.165) is 12.8 Å². The largest absolute Gasteiger partial charge is 0.294 e. The number of unbranched alkanes of at least 4 members (excludes halogenated alkanes) is 1. The summed E-state index contributed by atoms with van der Waals surface area (Å²) in [5, 5.41) is 0. The zero-order valence-electron chi connectivity index (χ0n) is 8.29. The Balaban J connectivity index is 2.75. The molecule has 0 fully saturated rings. The fourth-order valence-electron chi connectivity index (χ4n) is 1.23. The molecule has 1 aromatic rings. The minimum Gasteiger partial charge on any atom is -0.294 e. The maximum atomic E-state index is 11.6. The fourth-order valence-corrected chi connectivity index (χ4v) is 1.23. The molecule has 0 saturated carbocycles. The molecular formula is C12H13NO. The average Bonchev–Trinajstić information content (AvgIpc) is 2.26. The summed E-state index contributed by atoms with van der Waals surface area (Å²) in [7, 11) is 0. The first-order valence-corrected chi connectivity index (χ1v) is 4.78. The predicted molar refractivity (Wildman–Crippen MR) is 56.6 cm³/mol. The number of Topliss-reactive ketones (excluding diaryl/α,β-unsaturated/α-hetero) is 1. The van der Waals surface area contributed by atoms with Crippen molar-refractivity contribution in [1.29, 1.82) is 0 Å². The van der Waals surface area contributed by atoms with Crippen LogP contribution in [-0.4, -0.2) is 5.78 Å². The topological polar surface area (TPSA) is 21.4 Å². The van der Waals surface area contributed by atoms with Crippen LogP contribution in [0, 0.1) is 6.57 Å². The van der Waals surface area contributed by atoms with Gasteiger partial charge in [-0.2, -0.15) is 0 Å². The van der Waals surface area contributed by atoms with Gasteiger partial charge in [-0.15, -0.1) is 0 Å². The van der Waals surface area contributed by atoms with Crippen LogP contribution in [-0.2, 0) is 0 Å². The highest BCUT2D eigenvalue weighted by atomic mass is 16.1. The van der Waals surface area contributed by atoms with Gasteiger partial charge in [0.25, 0.3) is 0 Å². The zero-order chi connectivity index (χ0) is 10.4. The van der Waals surface area contributed by atoms with E-state index in [-0.39, 0.29) is 5.78 Å². The lowest BCUT2D eigenvalue weighted by Crippen LogP contribution is -1.97. The molecule has 0 saturated heterocycles. The third kappa shape index (κ3) is 2.70. The molecule has 72 valence electrons. The highest BCUT2D eigenvalue weighted by Gasteiger charge is 2.04. The quantitative estimate of drug-likeness (QED) is 0.521. The van der Waals surface area contributed by atoms with Crippen LogP contribution in [0.15, 0.2) is 24.3 Å². The molecule has 1 aromatic carbocycles. The smallest absolute Gasteiger partial charge is 0.187 e. The van der Waals surface area contributed by atoms with Crippen molar-refractivity contribution in [3.8, 4) is 0 Å². The molecule has 2 nitrogen and oxygen atoms in total. The molecular weight excluding hydrogens is 174 g/mol. The van der Waals surface area contributed by atoms with Crippen LogP contribution in [0.1, 0.15) is 36.5 Å². The molecule has 0 bridgehead atoms. The van der Waals surface area contributed by atoms with Gasteiger partial charge >= 0.3 is 0 Å². The van der Waals surface area contributed by atoms with Crippen molar-refractivity contribution in [3.05, 3.63) is 41.2 Å². The summed E-state index contributed by atoms with van der Waals surface area (Å²) in [6.07, 6.45) is 2.52. The molecule has 0 heterocycles. The second-order valence-corrected chi connectivity index (χ2v) is 3.19. The molecule has 0 atom stereocenters. The Morgan fingerprint density at radius 1 is 1.50 bits per heavy atom. The SMILES string of the molecule is [C-]#[N+]c1cccc(C(=O)CCCC)c1. The first-order chi connectivity index (χ1) is 6.77. The summed E-state index contributed by atoms with van der Waals surface area (Å²) in [5.74, 6) is 0.136. The molecule has 0 aliphatic heterocycles. The summed E-state index contributed by atoms with van der Waals surface area (Å²) in [5.41, 5.74) is 1.19. The molecule has 0 spiro atoms. The van der Waals surface area contributed by atoms with Gasteiger partial charge in [-0.3, -0.25) is 4.79 Å². The van der Waals surface area contributed by atoms with Crippen LogP contribution >= 0.6 is 0 Å². The lowest BCUT2D eigenvalue weighted by molar-refractivity contribution is 0.0980. The van der Waals surface area contributed by atoms with E-state index in [1.165, 1.54) is 0 Å². The van der Waals surface area contributed by atoms with Gasteiger partial charge in [-0.05, 0) is 12.5 Å². The Morgan fingerprint density at radius 3 is 2.93 bits per heavy atom. The number of benzene rings is 1. The molecule has 0 unspecified atom stereocenters. The standard InChI is InChI=1S/C12H13NO/c1-3-4-8-12(14)10-6-5-7-11(9-10)13-2/h5-7,9H,3-4,8H2,1H3. The number of hydrogen-bond donors (Lipinski definition) is 0. The van der Waals surface area contributed by atoms with Crippen LogP contribution in [0.5, 0.6) is 0 Å². The Labute approximate surface area is 84.4 Å². The number of rotatable bonds is 4. The van der Waals surface area contributed by atoms with E-state index in [9.17, 15) is 4.79 Å². The van der Waals surface area contributed by atoms with E-state index < -0.39 is 0 Å². The normalized spacial score (nSPS) is 9.43. The van der Waals surface area contributed by atoms with Crippen LogP contribution in [0.4, 0.5) is 5.69 Å². The van der Waals surface area contributed by atoms with Crippen LogP contribution in [0.25, 0.3) is 4.85 Å². The summed E-state index contributed by atoms with van der Waals surface area (Å²) in [6.45, 7) is 8.89. The van der Waals surface area contributed by atoms with Gasteiger partial charge in [-0.25, -0.2) is 4.85 Å². The van der Waals surface area contributed by atoms with Gasteiger partial charge in [0, 0.05) is 12.0 Å². The lowest BCUT2D eigenvalue weighted by atomic mass is 10.1. The van der Waals surface area contributed by atoms with Crippen LogP contribution in [0.3, 0.4) is 0 Å². The minimum absolute atomic E-state index is 0.136. The van der Waals surface area contributed by atoms with E-state index in [2.05, 4.69) is 11.8 Å². The van der Waals surface area contributed by atoms with Gasteiger partial charge < -0.3 is 0 Å². The summed E-state index contributed by atoms with van der Waals surface area (Å²) in [6, 6.07) is 6.90. The maximum Gasteiger partial charge on any atom is 0.187 e. The molecule has 0 aromatic heterocycles. The molecule has 0 aliphatic rings. The monoisotopic (exact) mass is 187 g/mol. The van der Waals surface area contributed by atoms with E-state index in [4.69, 9.17) is 6.57 Å². The van der Waals surface area contributed by atoms with Crippen LogP contribution < -0.4 is 0 Å². The summed E-state index contributed by atoms with van der Waals surface area (Å²) in [4.78, 5) is 14.9. The molecule has 0 N–H and O–H groups in total. The van der Waals surface area contributed by atoms with Crippen molar-refractivity contribution in [2.75, 3.05) is 0 Å². The average molecular weight is 187 g/mol. The number of carbonyl (C=O) groups is 1. The number of ketones is 1. The Hall–Kier alpha value is -1.62. The van der Waals surface area contributed by atoms with Gasteiger partial charge in [-0.1, -0.05) is 31.5 Å². The number of hydrogen-bond acceptors (Lipinski definition) is 1. The molecule has 0 radical (unpaired) electrons. The van der Waals surface area contributed by atoms with E-state index in [0.29, 0.717) is 17.7 Å². The third-order valence-electron chi connectivity index (χ3n) is 2.05. The summed E-state index contributed by atoms with van der Waals surface area (Å²) < 4.78 is 0. The Bertz CT molecular complexity index is 363. The van der Waals surface area contributed by atoms with Crippen LogP contribution in [0.2, 0.25) is 0 Å².